The van der Waals surface area contributed by atoms with Gasteiger partial charge in [-0.15, -0.1) is 0 Å². The van der Waals surface area contributed by atoms with Crippen molar-refractivity contribution in [1.82, 2.24) is 4.57 Å². The second kappa shape index (κ2) is 10.5. The topological polar surface area (TPSA) is 58.2 Å². The molecule has 2 aromatic carbocycles. The molecule has 0 aliphatic heterocycles. The Morgan fingerprint density at radius 2 is 1.62 bits per heavy atom. The second-order valence-electron chi connectivity index (χ2n) is 8.79. The summed E-state index contributed by atoms with van der Waals surface area (Å²) in [5.41, 5.74) is 0.476. The first-order chi connectivity index (χ1) is 15.3. The summed E-state index contributed by atoms with van der Waals surface area (Å²) in [6.07, 6.45) is 0.466. The molecule has 0 saturated carbocycles. The minimum Gasteiger partial charge on any atom is -0.405 e. The van der Waals surface area contributed by atoms with Crippen molar-refractivity contribution in [1.29, 1.82) is 5.26 Å². The molecule has 0 unspecified atom stereocenters. The van der Waals surface area contributed by atoms with E-state index in [-0.39, 0.29) is 17.7 Å². The maximum Gasteiger partial charge on any atom is 0.261 e. The van der Waals surface area contributed by atoms with Gasteiger partial charge in [-0.2, -0.15) is 5.26 Å². The molecule has 0 saturated heterocycles. The van der Waals surface area contributed by atoms with Crippen LogP contribution in [0.25, 0.3) is 0 Å². The molecular weight excluding hydrogens is 551 g/mol. The summed E-state index contributed by atoms with van der Waals surface area (Å²) >= 11 is 8.50. The Morgan fingerprint density at radius 1 is 1.09 bits per heavy atom. The van der Waals surface area contributed by atoms with E-state index in [2.05, 4.69) is 98.0 Å². The van der Waals surface area contributed by atoms with E-state index in [9.17, 15) is 10.4 Å². The number of rotatable bonds is 8. The molecule has 0 aliphatic rings. The average Bonchev–Trinajstić information content (AvgIpc) is 3.07. The summed E-state index contributed by atoms with van der Waals surface area (Å²) in [5.74, 6) is 0. The monoisotopic (exact) mass is 578 g/mol. The molecule has 0 spiro atoms. The van der Waals surface area contributed by atoms with Crippen molar-refractivity contribution in [2.45, 2.75) is 38.3 Å². The normalized spacial score (nSPS) is 13.0. The molecule has 1 heterocycles. The van der Waals surface area contributed by atoms with Crippen molar-refractivity contribution in [3.8, 4) is 6.07 Å². The number of nitrogens with zero attached hydrogens (tertiary/aromatic N) is 2. The van der Waals surface area contributed by atoms with E-state index in [1.165, 1.54) is 10.4 Å². The number of hydrogen-bond donors (Lipinski definition) is 1. The van der Waals surface area contributed by atoms with Crippen molar-refractivity contribution < 1.29 is 9.53 Å². The number of nitriles is 1. The maximum absolute atomic E-state index is 9.81. The van der Waals surface area contributed by atoms with Crippen LogP contribution in [0.1, 0.15) is 38.9 Å². The van der Waals surface area contributed by atoms with Gasteiger partial charge in [-0.05, 0) is 50.5 Å². The number of aliphatic hydroxyl groups is 1. The number of benzene rings is 2. The van der Waals surface area contributed by atoms with Gasteiger partial charge in [-0.3, -0.25) is 0 Å². The van der Waals surface area contributed by atoms with Gasteiger partial charge >= 0.3 is 0 Å². The highest BCUT2D eigenvalue weighted by Gasteiger charge is 2.50. The third kappa shape index (κ3) is 4.82. The molecule has 1 aromatic heterocycles. The van der Waals surface area contributed by atoms with Crippen LogP contribution >= 0.6 is 34.2 Å². The number of hydrogen-bond acceptors (Lipinski definition) is 3. The van der Waals surface area contributed by atoms with E-state index in [0.717, 1.165) is 3.70 Å². The Balaban J connectivity index is 2.12. The standard InChI is InChI=1S/C25H28ClIN2O2Si/c1-25(2,3)32(21-10-6-4-7-11-21,22-12-8-5-9-13-22)31-18-19(14-15-30)29-20(17-28)16-23(26)24(29)27/h4-13,16,19,30H,14-15,18H2,1-3H3/t19-/m0/s1. The Bertz CT molecular complexity index is 1040. The lowest BCUT2D eigenvalue weighted by atomic mass is 10.2. The summed E-state index contributed by atoms with van der Waals surface area (Å²) in [6.45, 7) is 7.06. The molecule has 32 heavy (non-hydrogen) atoms. The molecule has 0 amide bonds. The summed E-state index contributed by atoms with van der Waals surface area (Å²) in [4.78, 5) is 0. The Morgan fingerprint density at radius 3 is 2.06 bits per heavy atom. The molecule has 168 valence electrons. The highest BCUT2D eigenvalue weighted by Crippen LogP contribution is 2.38. The van der Waals surface area contributed by atoms with E-state index >= 15 is 0 Å². The van der Waals surface area contributed by atoms with Gasteiger partial charge in [-0.1, -0.05) is 93.0 Å². The summed E-state index contributed by atoms with van der Waals surface area (Å²) in [6, 6.07) is 24.6. The molecule has 0 bridgehead atoms. The SMILES string of the molecule is CC(C)(C)[Si](OC[C@H](CCO)n1c(C#N)cc(Cl)c1I)(c1ccccc1)c1ccccc1. The molecule has 1 atom stereocenters. The van der Waals surface area contributed by atoms with Gasteiger partial charge in [0.1, 0.15) is 15.5 Å². The lowest BCUT2D eigenvalue weighted by Gasteiger charge is -2.44. The average molecular weight is 579 g/mol. The molecule has 3 aromatic rings. The smallest absolute Gasteiger partial charge is 0.261 e. The van der Waals surface area contributed by atoms with E-state index in [1.54, 1.807) is 6.07 Å². The fourth-order valence-electron chi connectivity index (χ4n) is 4.33. The van der Waals surface area contributed by atoms with E-state index in [1.807, 2.05) is 16.7 Å². The van der Waals surface area contributed by atoms with E-state index in [0.29, 0.717) is 23.7 Å². The van der Waals surface area contributed by atoms with Gasteiger partial charge in [-0.25, -0.2) is 0 Å². The van der Waals surface area contributed by atoms with Crippen LogP contribution in [0.5, 0.6) is 0 Å². The van der Waals surface area contributed by atoms with Crippen molar-refractivity contribution in [3.63, 3.8) is 0 Å². The van der Waals surface area contributed by atoms with Gasteiger partial charge in [0.05, 0.1) is 17.7 Å². The molecule has 7 heteroatoms. The van der Waals surface area contributed by atoms with Gasteiger partial charge in [0.2, 0.25) is 0 Å². The number of aromatic nitrogens is 1. The van der Waals surface area contributed by atoms with Gasteiger partial charge < -0.3 is 14.1 Å². The molecule has 0 fully saturated rings. The van der Waals surface area contributed by atoms with Gasteiger partial charge in [0.15, 0.2) is 0 Å². The fraction of sp³-hybridized carbons (Fsp3) is 0.320. The molecule has 3 rings (SSSR count). The van der Waals surface area contributed by atoms with Crippen LogP contribution < -0.4 is 10.4 Å². The Labute approximate surface area is 210 Å². The van der Waals surface area contributed by atoms with Crippen LogP contribution in [-0.4, -0.2) is 31.2 Å². The fourth-order valence-corrected chi connectivity index (χ4v) is 9.93. The quantitative estimate of drug-likeness (QED) is 0.298. The van der Waals surface area contributed by atoms with Crippen molar-refractivity contribution in [2.75, 3.05) is 13.2 Å². The number of halogens is 2. The lowest BCUT2D eigenvalue weighted by Crippen LogP contribution is -2.67. The first-order valence-corrected chi connectivity index (χ1v) is 13.9. The third-order valence-corrected chi connectivity index (χ3v) is 12.5. The predicted molar refractivity (Wildman–Crippen MR) is 141 cm³/mol. The van der Waals surface area contributed by atoms with Crippen LogP contribution in [-0.2, 0) is 4.43 Å². The maximum atomic E-state index is 9.81. The highest BCUT2D eigenvalue weighted by molar-refractivity contribution is 14.1. The highest BCUT2D eigenvalue weighted by atomic mass is 127. The molecule has 1 N–H and O–H groups in total. The molecule has 0 aliphatic carbocycles. The second-order valence-corrected chi connectivity index (χ2v) is 14.5. The lowest BCUT2D eigenvalue weighted by molar-refractivity contribution is 0.191. The zero-order valence-corrected chi connectivity index (χ0v) is 22.5. The summed E-state index contributed by atoms with van der Waals surface area (Å²) < 4.78 is 9.73. The van der Waals surface area contributed by atoms with E-state index < -0.39 is 8.32 Å². The number of aliphatic hydroxyl groups excluding tert-OH is 1. The minimum absolute atomic E-state index is 0.00841. The van der Waals surface area contributed by atoms with Crippen molar-refractivity contribution in [2.24, 2.45) is 0 Å². The van der Waals surface area contributed by atoms with Gasteiger partial charge in [0, 0.05) is 6.61 Å². The van der Waals surface area contributed by atoms with Crippen LogP contribution in [0.3, 0.4) is 0 Å². The van der Waals surface area contributed by atoms with Crippen molar-refractivity contribution >= 4 is 52.9 Å². The van der Waals surface area contributed by atoms with E-state index in [4.69, 9.17) is 16.0 Å². The van der Waals surface area contributed by atoms with Crippen molar-refractivity contribution in [3.05, 3.63) is 81.1 Å². The Kier molecular flexibility index (Phi) is 8.23. The third-order valence-electron chi connectivity index (χ3n) is 5.78. The summed E-state index contributed by atoms with van der Waals surface area (Å²) in [5, 5.41) is 22.2. The zero-order valence-electron chi connectivity index (χ0n) is 18.6. The predicted octanol–water partition coefficient (Wildman–Crippen LogP) is 5.12. The minimum atomic E-state index is -2.73. The van der Waals surface area contributed by atoms with Crippen LogP contribution in [0, 0.1) is 15.0 Å². The summed E-state index contributed by atoms with van der Waals surface area (Å²) in [7, 11) is -2.73. The van der Waals surface area contributed by atoms with Crippen LogP contribution in [0.15, 0.2) is 66.7 Å². The van der Waals surface area contributed by atoms with Crippen LogP contribution in [0.2, 0.25) is 10.1 Å². The van der Waals surface area contributed by atoms with Crippen LogP contribution in [0.4, 0.5) is 0 Å². The Hall–Kier alpha value is -1.63. The molecule has 0 radical (unpaired) electrons. The first-order valence-electron chi connectivity index (χ1n) is 10.6. The largest absolute Gasteiger partial charge is 0.405 e. The zero-order chi connectivity index (χ0) is 23.4. The van der Waals surface area contributed by atoms with Gasteiger partial charge in [0.25, 0.3) is 8.32 Å². The molecule has 4 nitrogen and oxygen atoms in total. The first kappa shape index (κ1) is 25.0. The molecular formula is C25H28ClIN2O2Si.